The summed E-state index contributed by atoms with van der Waals surface area (Å²) in [5.41, 5.74) is 2.62. The number of halogens is 2. The van der Waals surface area contributed by atoms with Crippen LogP contribution in [0.2, 0.25) is 5.02 Å². The highest BCUT2D eigenvalue weighted by Gasteiger charge is 2.31. The summed E-state index contributed by atoms with van der Waals surface area (Å²) < 4.78 is 2.22. The van der Waals surface area contributed by atoms with Crippen LogP contribution in [0.25, 0.3) is 11.0 Å². The van der Waals surface area contributed by atoms with Gasteiger partial charge in [-0.2, -0.15) is 5.26 Å². The lowest BCUT2D eigenvalue weighted by Crippen LogP contribution is -2.50. The average molecular weight is 816 g/mol. The minimum absolute atomic E-state index is 0. The molecule has 0 atom stereocenters. The molecule has 3 aromatic heterocycles. The Kier molecular flexibility index (Phi) is 12.4. The molecular formula is C40H48Cl2N12O3. The van der Waals surface area contributed by atoms with Gasteiger partial charge in [0.15, 0.2) is 11.5 Å². The van der Waals surface area contributed by atoms with Gasteiger partial charge >= 0.3 is 6.03 Å². The van der Waals surface area contributed by atoms with E-state index in [1.165, 1.54) is 11.2 Å². The van der Waals surface area contributed by atoms with Gasteiger partial charge in [0.2, 0.25) is 5.91 Å². The zero-order valence-electron chi connectivity index (χ0n) is 32.0. The van der Waals surface area contributed by atoms with E-state index in [0.29, 0.717) is 46.6 Å². The summed E-state index contributed by atoms with van der Waals surface area (Å²) in [5.74, 6) is 1.52. The number of nitrogens with zero attached hydrogens (tertiary/aromatic N) is 10. The van der Waals surface area contributed by atoms with Gasteiger partial charge in [0.05, 0.1) is 16.0 Å². The van der Waals surface area contributed by atoms with Crippen molar-refractivity contribution in [3.8, 4) is 6.07 Å². The van der Waals surface area contributed by atoms with E-state index in [4.69, 9.17) is 11.6 Å². The second-order valence-corrected chi connectivity index (χ2v) is 15.9. The predicted molar refractivity (Wildman–Crippen MR) is 220 cm³/mol. The molecule has 57 heavy (non-hydrogen) atoms. The average Bonchev–Trinajstić information content (AvgIpc) is 3.66. The van der Waals surface area contributed by atoms with E-state index in [2.05, 4.69) is 69.4 Å². The number of amides is 4. The molecule has 4 aromatic rings. The number of fused-ring (bicyclic) bond motifs is 1. The highest BCUT2D eigenvalue weighted by molar-refractivity contribution is 6.32. The van der Waals surface area contributed by atoms with Crippen molar-refractivity contribution < 1.29 is 14.4 Å². The number of hydrogen-bond donors (Lipinski definition) is 2. The Morgan fingerprint density at radius 1 is 0.965 bits per heavy atom. The molecule has 6 heterocycles. The molecule has 17 heteroatoms. The first kappa shape index (κ1) is 40.2. The Labute approximate surface area is 343 Å². The number of likely N-dealkylation sites (tertiary alicyclic amines) is 1. The van der Waals surface area contributed by atoms with Crippen LogP contribution in [0.3, 0.4) is 0 Å². The Morgan fingerprint density at radius 3 is 2.42 bits per heavy atom. The van der Waals surface area contributed by atoms with Gasteiger partial charge in [0.25, 0.3) is 5.91 Å². The summed E-state index contributed by atoms with van der Waals surface area (Å²) in [5, 5.41) is 24.8. The quantitative estimate of drug-likeness (QED) is 0.224. The molecule has 4 fully saturated rings. The van der Waals surface area contributed by atoms with Crippen LogP contribution in [0.5, 0.6) is 0 Å². The van der Waals surface area contributed by atoms with Crippen molar-refractivity contribution in [3.63, 3.8) is 0 Å². The van der Waals surface area contributed by atoms with Crippen molar-refractivity contribution in [2.24, 2.45) is 5.92 Å². The number of benzene rings is 1. The second-order valence-electron chi connectivity index (χ2n) is 15.5. The Balaban J connectivity index is 0.00000496. The fraction of sp³-hybridized carbons (Fsp3) is 0.500. The van der Waals surface area contributed by atoms with Crippen LogP contribution in [0.4, 0.5) is 22.1 Å². The lowest BCUT2D eigenvalue weighted by molar-refractivity contribution is -0.120. The smallest absolute Gasteiger partial charge is 0.329 e. The number of carbonyl (C=O) groups excluding carboxylic acids is 3. The number of urea groups is 1. The molecule has 3 aliphatic heterocycles. The largest absolute Gasteiger partial charge is 0.372 e. The summed E-state index contributed by atoms with van der Waals surface area (Å²) in [4.78, 5) is 54.8. The molecule has 0 radical (unpaired) electrons. The van der Waals surface area contributed by atoms with Gasteiger partial charge in [-0.25, -0.2) is 14.8 Å². The molecule has 0 unspecified atom stereocenters. The molecule has 2 N–H and O–H groups in total. The first-order chi connectivity index (χ1) is 27.2. The third-order valence-corrected chi connectivity index (χ3v) is 12.5. The van der Waals surface area contributed by atoms with E-state index >= 15 is 0 Å². The molecule has 3 saturated heterocycles. The SMILES string of the molecule is CN(c1ccc(C#N)c(Cl)c1)[C@H]1CC[C@H](NC(=O)c2ccc(N3CCC(CN4CCC(n5ccc6c(N7CCC(=O)NC7=O)ncnc65)CC4)CC3)nn2)CC1.Cl. The number of rotatable bonds is 9. The van der Waals surface area contributed by atoms with Crippen LogP contribution in [-0.4, -0.2) is 106 Å². The molecule has 1 saturated carbocycles. The molecule has 0 bridgehead atoms. The number of hydrogen-bond acceptors (Lipinski definition) is 11. The van der Waals surface area contributed by atoms with Crippen molar-refractivity contribution in [1.29, 1.82) is 5.26 Å². The maximum Gasteiger partial charge on any atom is 0.329 e. The van der Waals surface area contributed by atoms with E-state index in [1.54, 1.807) is 12.1 Å². The highest BCUT2D eigenvalue weighted by Crippen LogP contribution is 2.33. The highest BCUT2D eigenvalue weighted by atomic mass is 35.5. The van der Waals surface area contributed by atoms with Gasteiger partial charge < -0.3 is 24.6 Å². The number of aromatic nitrogens is 5. The van der Waals surface area contributed by atoms with Gasteiger partial charge in [-0.15, -0.1) is 22.6 Å². The summed E-state index contributed by atoms with van der Waals surface area (Å²) in [7, 11) is 2.05. The van der Waals surface area contributed by atoms with E-state index < -0.39 is 6.03 Å². The van der Waals surface area contributed by atoms with Crippen LogP contribution in [-0.2, 0) is 4.79 Å². The Bertz CT molecular complexity index is 2120. The van der Waals surface area contributed by atoms with E-state index in [1.807, 2.05) is 24.3 Å². The molecule has 0 spiro atoms. The summed E-state index contributed by atoms with van der Waals surface area (Å²) in [6.07, 6.45) is 11.6. The first-order valence-corrected chi connectivity index (χ1v) is 20.1. The lowest BCUT2D eigenvalue weighted by atomic mass is 9.90. The summed E-state index contributed by atoms with van der Waals surface area (Å²) >= 11 is 6.27. The van der Waals surface area contributed by atoms with Crippen LogP contribution in [0.15, 0.2) is 48.9 Å². The van der Waals surface area contributed by atoms with Crippen molar-refractivity contribution in [1.82, 2.24) is 40.3 Å². The number of piperidine rings is 2. The number of nitriles is 1. The molecule has 8 rings (SSSR count). The normalized spacial score (nSPS) is 21.1. The third kappa shape index (κ3) is 8.78. The van der Waals surface area contributed by atoms with Crippen molar-refractivity contribution >= 4 is 70.2 Å². The molecule has 1 aromatic carbocycles. The Hall–Kier alpha value is -5.04. The third-order valence-electron chi connectivity index (χ3n) is 12.1. The number of imide groups is 1. The monoisotopic (exact) mass is 814 g/mol. The molecule has 15 nitrogen and oxygen atoms in total. The zero-order chi connectivity index (χ0) is 38.8. The van der Waals surface area contributed by atoms with Gasteiger partial charge in [0.1, 0.15) is 23.9 Å². The summed E-state index contributed by atoms with van der Waals surface area (Å²) in [6, 6.07) is 13.6. The maximum absolute atomic E-state index is 13.1. The number of anilines is 3. The summed E-state index contributed by atoms with van der Waals surface area (Å²) in [6.45, 7) is 5.23. The van der Waals surface area contributed by atoms with Crippen molar-refractivity contribution in [3.05, 3.63) is 65.2 Å². The fourth-order valence-electron chi connectivity index (χ4n) is 8.83. The van der Waals surface area contributed by atoms with Crippen molar-refractivity contribution in [2.75, 3.05) is 61.0 Å². The lowest BCUT2D eigenvalue weighted by Gasteiger charge is -2.38. The standard InChI is InChI=1S/C40H47ClN12O3.ClH/c1-49(31-5-2-27(23-42)33(41)22-31)29-6-3-28(4-7-29)45-39(55)34-8-9-35(48-47-34)51-18-10-26(11-19-51)24-50-16-12-30(13-17-50)52-20-14-32-37(52)43-25-44-38(32)53-21-15-36(54)46-40(53)56;/h2,5,8-9,14,20,22,25-26,28-30H,3-4,6-7,10-13,15-19,21,24H2,1H3,(H,45,55)(H,46,54,56);1H/t28-,29-;. The van der Waals surface area contributed by atoms with E-state index in [9.17, 15) is 19.6 Å². The minimum Gasteiger partial charge on any atom is -0.372 e. The number of nitrogens with one attached hydrogen (secondary N) is 2. The van der Waals surface area contributed by atoms with Crippen molar-refractivity contribution in [2.45, 2.75) is 75.9 Å². The Morgan fingerprint density at radius 2 is 1.74 bits per heavy atom. The topological polar surface area (TPSA) is 169 Å². The van der Waals surface area contributed by atoms with Gasteiger partial charge in [0, 0.05) is 82.7 Å². The maximum atomic E-state index is 13.1. The minimum atomic E-state index is -0.442. The number of carbonyl (C=O) groups is 3. The first-order valence-electron chi connectivity index (χ1n) is 19.7. The molecule has 300 valence electrons. The molecule has 4 amide bonds. The van der Waals surface area contributed by atoms with Crippen LogP contribution in [0, 0.1) is 17.2 Å². The predicted octanol–water partition coefficient (Wildman–Crippen LogP) is 5.35. The molecular weight excluding hydrogens is 767 g/mol. The van der Waals surface area contributed by atoms with Gasteiger partial charge in [-0.3, -0.25) is 19.8 Å². The molecule has 1 aliphatic carbocycles. The van der Waals surface area contributed by atoms with Gasteiger partial charge in [-0.05, 0) is 93.7 Å². The van der Waals surface area contributed by atoms with Crippen LogP contribution in [0.1, 0.15) is 79.9 Å². The zero-order valence-corrected chi connectivity index (χ0v) is 33.6. The second kappa shape index (κ2) is 17.6. The van der Waals surface area contributed by atoms with Crippen LogP contribution < -0.4 is 25.3 Å². The van der Waals surface area contributed by atoms with E-state index in [-0.39, 0.29) is 36.7 Å². The van der Waals surface area contributed by atoms with Crippen LogP contribution >= 0.6 is 24.0 Å². The fourth-order valence-corrected chi connectivity index (χ4v) is 9.05. The van der Waals surface area contributed by atoms with E-state index in [0.717, 1.165) is 107 Å². The molecule has 4 aliphatic rings. The van der Waals surface area contributed by atoms with Gasteiger partial charge in [-0.1, -0.05) is 11.6 Å².